The first-order valence-corrected chi connectivity index (χ1v) is 5.58. The van der Waals surface area contributed by atoms with Gasteiger partial charge in [0.25, 0.3) is 0 Å². The van der Waals surface area contributed by atoms with Crippen molar-refractivity contribution in [1.82, 2.24) is 0 Å². The highest BCUT2D eigenvalue weighted by molar-refractivity contribution is 6.17. The van der Waals surface area contributed by atoms with Gasteiger partial charge in [0.05, 0.1) is 5.69 Å². The van der Waals surface area contributed by atoms with Crippen molar-refractivity contribution in [3.05, 3.63) is 53.4 Å². The maximum atomic E-state index is 10.5. The third-order valence-corrected chi connectivity index (χ3v) is 2.36. The maximum absolute atomic E-state index is 10.5. The molecule has 0 fully saturated rings. The molecule has 2 rings (SSSR count). The van der Waals surface area contributed by atoms with Crippen LogP contribution in [-0.2, 0) is 0 Å². The molecule has 19 heavy (non-hydrogen) atoms. The van der Waals surface area contributed by atoms with Gasteiger partial charge in [0.2, 0.25) is 0 Å². The van der Waals surface area contributed by atoms with Crippen LogP contribution in [0, 0.1) is 4.91 Å². The summed E-state index contributed by atoms with van der Waals surface area (Å²) in [4.78, 5) is 18.7. The van der Waals surface area contributed by atoms with E-state index in [9.17, 15) is 10.0 Å². The first kappa shape index (κ1) is 12.6. The molecule has 2 aromatic carbocycles. The van der Waals surface area contributed by atoms with Crippen LogP contribution in [0.1, 0.15) is 0 Å². The fourth-order valence-electron chi connectivity index (χ4n) is 1.45. The molecule has 0 aromatic heterocycles. The van der Waals surface area contributed by atoms with Crippen molar-refractivity contribution < 1.29 is 5.11 Å². The zero-order valence-corrected chi connectivity index (χ0v) is 9.97. The Bertz CT molecular complexity index is 636. The van der Waals surface area contributed by atoms with Crippen LogP contribution in [0.25, 0.3) is 0 Å². The SMILES string of the molecule is O=Nc1ccccc1N=CC=Nc1ccccc1O. The molecule has 0 unspecified atom stereocenters. The third-order valence-electron chi connectivity index (χ3n) is 2.36. The van der Waals surface area contributed by atoms with Gasteiger partial charge in [-0.2, -0.15) is 0 Å². The number of para-hydroxylation sites is 3. The van der Waals surface area contributed by atoms with Gasteiger partial charge < -0.3 is 5.11 Å². The summed E-state index contributed by atoms with van der Waals surface area (Å²) in [6.07, 6.45) is 2.88. The van der Waals surface area contributed by atoms with Crippen LogP contribution < -0.4 is 0 Å². The molecule has 1 N–H and O–H groups in total. The first-order chi connectivity index (χ1) is 9.31. The predicted octanol–water partition coefficient (Wildman–Crippen LogP) is 3.89. The highest BCUT2D eigenvalue weighted by Gasteiger charge is 1.97. The second-order valence-electron chi connectivity index (χ2n) is 3.63. The van der Waals surface area contributed by atoms with Crippen LogP contribution in [0.5, 0.6) is 5.75 Å². The van der Waals surface area contributed by atoms with Crippen molar-refractivity contribution in [3.63, 3.8) is 0 Å². The Morgan fingerprint density at radius 2 is 1.32 bits per heavy atom. The van der Waals surface area contributed by atoms with Gasteiger partial charge in [-0.1, -0.05) is 24.3 Å². The lowest BCUT2D eigenvalue weighted by Gasteiger charge is -1.95. The largest absolute Gasteiger partial charge is 0.506 e. The van der Waals surface area contributed by atoms with Crippen LogP contribution in [0.2, 0.25) is 0 Å². The van der Waals surface area contributed by atoms with E-state index in [-0.39, 0.29) is 11.4 Å². The fraction of sp³-hybridized carbons (Fsp3) is 0. The Hall–Kier alpha value is -2.82. The molecule has 0 bridgehead atoms. The molecule has 0 saturated carbocycles. The number of benzene rings is 2. The summed E-state index contributed by atoms with van der Waals surface area (Å²) in [6, 6.07) is 13.5. The molecule has 2 aromatic rings. The lowest BCUT2D eigenvalue weighted by molar-refractivity contribution is 0.477. The van der Waals surface area contributed by atoms with E-state index in [1.807, 2.05) is 0 Å². The number of nitrogens with zero attached hydrogens (tertiary/aromatic N) is 3. The number of hydrogen-bond acceptors (Lipinski definition) is 5. The summed E-state index contributed by atoms with van der Waals surface area (Å²) in [7, 11) is 0. The monoisotopic (exact) mass is 253 g/mol. The maximum Gasteiger partial charge on any atom is 0.141 e. The molecule has 0 saturated heterocycles. The van der Waals surface area contributed by atoms with Crippen LogP contribution >= 0.6 is 0 Å². The lowest BCUT2D eigenvalue weighted by atomic mass is 10.3. The molecule has 0 heterocycles. The molecule has 0 atom stereocenters. The molecule has 0 amide bonds. The normalized spacial score (nSPS) is 11.2. The number of aliphatic imine (C=N–C) groups is 2. The van der Waals surface area contributed by atoms with Gasteiger partial charge in [0.15, 0.2) is 0 Å². The number of phenolic OH excluding ortho intramolecular Hbond substituents is 1. The Morgan fingerprint density at radius 1 is 0.789 bits per heavy atom. The zero-order chi connectivity index (χ0) is 13.5. The molecule has 0 aliphatic rings. The molecule has 0 radical (unpaired) electrons. The number of rotatable bonds is 4. The minimum atomic E-state index is 0.0992. The summed E-state index contributed by atoms with van der Waals surface area (Å²) < 4.78 is 0. The van der Waals surface area contributed by atoms with Crippen molar-refractivity contribution >= 4 is 29.5 Å². The minimum absolute atomic E-state index is 0.0992. The van der Waals surface area contributed by atoms with Crippen LogP contribution in [0.4, 0.5) is 17.1 Å². The van der Waals surface area contributed by atoms with E-state index in [2.05, 4.69) is 15.2 Å². The average Bonchev–Trinajstić information content (AvgIpc) is 2.45. The Balaban J connectivity index is 2.12. The van der Waals surface area contributed by atoms with Crippen molar-refractivity contribution in [1.29, 1.82) is 0 Å². The molecule has 5 heteroatoms. The Kier molecular flexibility index (Phi) is 4.12. The fourth-order valence-corrected chi connectivity index (χ4v) is 1.45. The summed E-state index contributed by atoms with van der Waals surface area (Å²) in [5, 5.41) is 12.4. The molecule has 0 aliphatic heterocycles. The zero-order valence-electron chi connectivity index (χ0n) is 9.97. The molecule has 94 valence electrons. The van der Waals surface area contributed by atoms with E-state index in [1.54, 1.807) is 48.5 Å². The van der Waals surface area contributed by atoms with E-state index in [0.29, 0.717) is 11.4 Å². The number of hydrogen-bond donors (Lipinski definition) is 1. The number of phenols is 1. The quantitative estimate of drug-likeness (QED) is 0.662. The lowest BCUT2D eigenvalue weighted by Crippen LogP contribution is -1.76. The number of nitroso groups, excluding NO2 is 1. The van der Waals surface area contributed by atoms with E-state index >= 15 is 0 Å². The average molecular weight is 253 g/mol. The summed E-state index contributed by atoms with van der Waals surface area (Å²) in [5.41, 5.74) is 1.20. The van der Waals surface area contributed by atoms with Gasteiger partial charge in [0.1, 0.15) is 17.1 Å². The van der Waals surface area contributed by atoms with Crippen LogP contribution in [-0.4, -0.2) is 17.5 Å². The summed E-state index contributed by atoms with van der Waals surface area (Å²) >= 11 is 0. The second-order valence-corrected chi connectivity index (χ2v) is 3.63. The third kappa shape index (κ3) is 3.32. The van der Waals surface area contributed by atoms with Crippen LogP contribution in [0.15, 0.2) is 63.7 Å². The highest BCUT2D eigenvalue weighted by atomic mass is 16.3. The van der Waals surface area contributed by atoms with E-state index in [1.165, 1.54) is 12.4 Å². The number of aromatic hydroxyl groups is 1. The van der Waals surface area contributed by atoms with Gasteiger partial charge in [-0.3, -0.25) is 9.98 Å². The topological polar surface area (TPSA) is 74.4 Å². The van der Waals surface area contributed by atoms with E-state index in [0.717, 1.165) is 0 Å². The van der Waals surface area contributed by atoms with Gasteiger partial charge in [-0.15, -0.1) is 4.91 Å². The second kappa shape index (κ2) is 6.20. The Morgan fingerprint density at radius 3 is 1.95 bits per heavy atom. The molecule has 0 aliphatic carbocycles. The van der Waals surface area contributed by atoms with Gasteiger partial charge in [0, 0.05) is 12.4 Å². The van der Waals surface area contributed by atoms with Crippen molar-refractivity contribution in [2.24, 2.45) is 15.2 Å². The van der Waals surface area contributed by atoms with Gasteiger partial charge in [-0.05, 0) is 29.4 Å². The van der Waals surface area contributed by atoms with Gasteiger partial charge >= 0.3 is 0 Å². The standard InChI is InChI=1S/C14H11N3O2/c18-14-8-4-3-7-13(14)16-10-9-15-11-5-1-2-6-12(11)17-19/h1-10,18H. The summed E-state index contributed by atoms with van der Waals surface area (Å²) in [6.45, 7) is 0. The molecular weight excluding hydrogens is 242 g/mol. The van der Waals surface area contributed by atoms with Crippen LogP contribution in [0.3, 0.4) is 0 Å². The first-order valence-electron chi connectivity index (χ1n) is 5.58. The molecule has 5 nitrogen and oxygen atoms in total. The van der Waals surface area contributed by atoms with Crippen molar-refractivity contribution in [2.75, 3.05) is 0 Å². The Labute approximate surface area is 109 Å². The highest BCUT2D eigenvalue weighted by Crippen LogP contribution is 2.26. The van der Waals surface area contributed by atoms with E-state index < -0.39 is 0 Å². The molecule has 0 spiro atoms. The minimum Gasteiger partial charge on any atom is -0.506 e. The summed E-state index contributed by atoms with van der Waals surface area (Å²) in [5.74, 6) is 0.0992. The van der Waals surface area contributed by atoms with E-state index in [4.69, 9.17) is 0 Å². The van der Waals surface area contributed by atoms with Crippen molar-refractivity contribution in [2.45, 2.75) is 0 Å². The predicted molar refractivity (Wildman–Crippen MR) is 76.3 cm³/mol. The molecular formula is C14H11N3O2. The van der Waals surface area contributed by atoms with Gasteiger partial charge in [-0.25, -0.2) is 0 Å². The van der Waals surface area contributed by atoms with Crippen molar-refractivity contribution in [3.8, 4) is 5.75 Å². The smallest absolute Gasteiger partial charge is 0.141 e.